The number of benzene rings is 1. The minimum Gasteiger partial charge on any atom is -0.496 e. The third-order valence-corrected chi connectivity index (χ3v) is 4.61. The summed E-state index contributed by atoms with van der Waals surface area (Å²) in [4.78, 5) is 14.5. The first kappa shape index (κ1) is 19.8. The van der Waals surface area contributed by atoms with Gasteiger partial charge >= 0.3 is 0 Å². The van der Waals surface area contributed by atoms with Crippen molar-refractivity contribution in [1.29, 1.82) is 0 Å². The molecule has 0 saturated carbocycles. The van der Waals surface area contributed by atoms with Gasteiger partial charge in [-0.2, -0.15) is 0 Å². The summed E-state index contributed by atoms with van der Waals surface area (Å²) in [7, 11) is 3.67. The number of halogens is 1. The molecular weight excluding hydrogens is 312 g/mol. The molecule has 1 atom stereocenters. The number of hydrogen-bond acceptors (Lipinski definition) is 3. The lowest BCUT2D eigenvalue weighted by Crippen LogP contribution is -2.40. The second-order valence-electron chi connectivity index (χ2n) is 6.23. The van der Waals surface area contributed by atoms with Crippen LogP contribution in [0, 0.1) is 5.92 Å². The van der Waals surface area contributed by atoms with E-state index in [1.54, 1.807) is 7.11 Å². The monoisotopic (exact) mass is 340 g/mol. The Bertz CT molecular complexity index is 488. The molecule has 0 radical (unpaired) electrons. The zero-order chi connectivity index (χ0) is 15.9. The summed E-state index contributed by atoms with van der Waals surface area (Å²) in [5.41, 5.74) is 1.11. The Kier molecular flexibility index (Phi) is 8.42. The summed E-state index contributed by atoms with van der Waals surface area (Å²) in [6.45, 7) is 4.94. The number of carbonyl (C=O) groups is 1. The standard InChI is InChI=1S/C18H28N2O2.ClH/c1-14(16-6-4-5-7-17(16)22-3)12-18(21)20-10-8-15(9-11-20)13-19-2;/h4-7,14-15,19H,8-13H2,1-3H3;1H. The third kappa shape index (κ3) is 5.40. The van der Waals surface area contributed by atoms with Crippen molar-refractivity contribution in [3.8, 4) is 5.75 Å². The molecule has 130 valence electrons. The fraction of sp³-hybridized carbons (Fsp3) is 0.611. The average molecular weight is 341 g/mol. The normalized spacial score (nSPS) is 16.6. The van der Waals surface area contributed by atoms with Gasteiger partial charge in [0, 0.05) is 19.5 Å². The van der Waals surface area contributed by atoms with Crippen LogP contribution in [0.3, 0.4) is 0 Å². The van der Waals surface area contributed by atoms with Crippen LogP contribution in [0.25, 0.3) is 0 Å². The van der Waals surface area contributed by atoms with Crippen LogP contribution in [-0.2, 0) is 4.79 Å². The molecule has 1 aromatic rings. The van der Waals surface area contributed by atoms with Gasteiger partial charge in [-0.25, -0.2) is 0 Å². The highest BCUT2D eigenvalue weighted by Crippen LogP contribution is 2.29. The van der Waals surface area contributed by atoms with Gasteiger partial charge in [0.25, 0.3) is 0 Å². The van der Waals surface area contributed by atoms with Gasteiger partial charge in [0.1, 0.15) is 5.75 Å². The lowest BCUT2D eigenvalue weighted by molar-refractivity contribution is -0.132. The van der Waals surface area contributed by atoms with Crippen LogP contribution >= 0.6 is 12.4 Å². The van der Waals surface area contributed by atoms with Gasteiger partial charge in [-0.1, -0.05) is 25.1 Å². The molecule has 1 N–H and O–H groups in total. The molecular formula is C18H29ClN2O2. The fourth-order valence-electron chi connectivity index (χ4n) is 3.25. The molecule has 1 heterocycles. The van der Waals surface area contributed by atoms with Crippen LogP contribution in [0.1, 0.15) is 37.7 Å². The molecule has 0 spiro atoms. The van der Waals surface area contributed by atoms with Crippen molar-refractivity contribution in [2.75, 3.05) is 33.8 Å². The molecule has 23 heavy (non-hydrogen) atoms. The Labute approximate surface area is 146 Å². The summed E-state index contributed by atoms with van der Waals surface area (Å²) < 4.78 is 5.40. The number of piperidine rings is 1. The third-order valence-electron chi connectivity index (χ3n) is 4.61. The van der Waals surface area contributed by atoms with Crippen LogP contribution in [-0.4, -0.2) is 44.6 Å². The van der Waals surface area contributed by atoms with Crippen molar-refractivity contribution < 1.29 is 9.53 Å². The van der Waals surface area contributed by atoms with Crippen LogP contribution in [0.5, 0.6) is 5.75 Å². The Hall–Kier alpha value is -1.26. The first-order chi connectivity index (χ1) is 10.7. The van der Waals surface area contributed by atoms with E-state index in [1.165, 1.54) is 0 Å². The van der Waals surface area contributed by atoms with Crippen molar-refractivity contribution in [2.45, 2.75) is 32.1 Å². The Morgan fingerprint density at radius 1 is 1.35 bits per heavy atom. The van der Waals surface area contributed by atoms with E-state index in [4.69, 9.17) is 4.74 Å². The van der Waals surface area contributed by atoms with E-state index in [1.807, 2.05) is 30.1 Å². The molecule has 1 fully saturated rings. The van der Waals surface area contributed by atoms with Gasteiger partial charge in [-0.15, -0.1) is 12.4 Å². The molecule has 0 bridgehead atoms. The number of nitrogens with zero attached hydrogens (tertiary/aromatic N) is 1. The van der Waals surface area contributed by atoms with E-state index in [2.05, 4.69) is 18.3 Å². The Morgan fingerprint density at radius 2 is 2.00 bits per heavy atom. The quantitative estimate of drug-likeness (QED) is 0.865. The molecule has 1 amide bonds. The number of hydrogen-bond donors (Lipinski definition) is 1. The molecule has 1 unspecified atom stereocenters. The number of carbonyl (C=O) groups excluding carboxylic acids is 1. The Morgan fingerprint density at radius 3 is 2.61 bits per heavy atom. The lowest BCUT2D eigenvalue weighted by atomic mass is 9.94. The van der Waals surface area contributed by atoms with E-state index in [-0.39, 0.29) is 24.2 Å². The molecule has 1 aliphatic heterocycles. The van der Waals surface area contributed by atoms with Crippen LogP contribution in [0.2, 0.25) is 0 Å². The van der Waals surface area contributed by atoms with Gasteiger partial charge in [-0.05, 0) is 49.9 Å². The van der Waals surface area contributed by atoms with Crippen molar-refractivity contribution >= 4 is 18.3 Å². The highest BCUT2D eigenvalue weighted by Gasteiger charge is 2.24. The molecule has 1 aromatic carbocycles. The van der Waals surface area contributed by atoms with Crippen LogP contribution < -0.4 is 10.1 Å². The number of ether oxygens (including phenoxy) is 1. The molecule has 1 saturated heterocycles. The van der Waals surface area contributed by atoms with Gasteiger partial charge in [0.05, 0.1) is 7.11 Å². The van der Waals surface area contributed by atoms with E-state index in [9.17, 15) is 4.79 Å². The molecule has 5 heteroatoms. The van der Waals surface area contributed by atoms with Crippen molar-refractivity contribution in [2.24, 2.45) is 5.92 Å². The SMILES string of the molecule is CNCC1CCN(C(=O)CC(C)c2ccccc2OC)CC1.Cl. The summed E-state index contributed by atoms with van der Waals surface area (Å²) in [6.07, 6.45) is 2.77. The molecule has 0 aromatic heterocycles. The maximum atomic E-state index is 12.5. The van der Waals surface area contributed by atoms with Gasteiger partial charge < -0.3 is 15.0 Å². The molecule has 0 aliphatic carbocycles. The topological polar surface area (TPSA) is 41.6 Å². The van der Waals surface area contributed by atoms with E-state index < -0.39 is 0 Å². The minimum absolute atomic E-state index is 0. The maximum absolute atomic E-state index is 12.5. The zero-order valence-electron chi connectivity index (χ0n) is 14.4. The average Bonchev–Trinajstić information content (AvgIpc) is 2.55. The molecule has 1 aliphatic rings. The second-order valence-corrected chi connectivity index (χ2v) is 6.23. The Balaban J connectivity index is 0.00000264. The minimum atomic E-state index is 0. The predicted molar refractivity (Wildman–Crippen MR) is 96.5 cm³/mol. The summed E-state index contributed by atoms with van der Waals surface area (Å²) in [6, 6.07) is 7.97. The van der Waals surface area contributed by atoms with Crippen LogP contribution in [0.15, 0.2) is 24.3 Å². The lowest BCUT2D eigenvalue weighted by Gasteiger charge is -2.32. The van der Waals surface area contributed by atoms with Crippen molar-refractivity contribution in [1.82, 2.24) is 10.2 Å². The predicted octanol–water partition coefficient (Wildman–Crippen LogP) is 3.07. The van der Waals surface area contributed by atoms with E-state index in [0.717, 1.165) is 43.8 Å². The summed E-state index contributed by atoms with van der Waals surface area (Å²) >= 11 is 0. The highest BCUT2D eigenvalue weighted by atomic mass is 35.5. The van der Waals surface area contributed by atoms with E-state index in [0.29, 0.717) is 12.3 Å². The number of nitrogens with one attached hydrogen (secondary N) is 1. The number of amides is 1. The van der Waals surface area contributed by atoms with Crippen LogP contribution in [0.4, 0.5) is 0 Å². The smallest absolute Gasteiger partial charge is 0.223 e. The van der Waals surface area contributed by atoms with Crippen molar-refractivity contribution in [3.63, 3.8) is 0 Å². The fourth-order valence-corrected chi connectivity index (χ4v) is 3.25. The number of likely N-dealkylation sites (tertiary alicyclic amines) is 1. The number of rotatable bonds is 6. The summed E-state index contributed by atoms with van der Waals surface area (Å²) in [5.74, 6) is 2.02. The molecule has 4 nitrogen and oxygen atoms in total. The number of methoxy groups -OCH3 is 1. The zero-order valence-corrected chi connectivity index (χ0v) is 15.2. The first-order valence-electron chi connectivity index (χ1n) is 8.21. The van der Waals surface area contributed by atoms with Gasteiger partial charge in [0.15, 0.2) is 0 Å². The number of para-hydroxylation sites is 1. The largest absolute Gasteiger partial charge is 0.496 e. The second kappa shape index (κ2) is 9.78. The molecule has 2 rings (SSSR count). The maximum Gasteiger partial charge on any atom is 0.223 e. The van der Waals surface area contributed by atoms with Gasteiger partial charge in [0.2, 0.25) is 5.91 Å². The van der Waals surface area contributed by atoms with E-state index >= 15 is 0 Å². The van der Waals surface area contributed by atoms with Gasteiger partial charge in [-0.3, -0.25) is 4.79 Å². The highest BCUT2D eigenvalue weighted by molar-refractivity contribution is 5.85. The first-order valence-corrected chi connectivity index (χ1v) is 8.21. The van der Waals surface area contributed by atoms with Crippen molar-refractivity contribution in [3.05, 3.63) is 29.8 Å². The summed E-state index contributed by atoms with van der Waals surface area (Å²) in [5, 5.41) is 3.23.